The Morgan fingerprint density at radius 3 is 2.69 bits per heavy atom. The summed E-state index contributed by atoms with van der Waals surface area (Å²) in [6.07, 6.45) is 4.53. The van der Waals surface area contributed by atoms with Crippen molar-refractivity contribution in [2.45, 2.75) is 58.3 Å². The second kappa shape index (κ2) is 13.4. The number of rotatable bonds is 11. The van der Waals surface area contributed by atoms with Crippen molar-refractivity contribution >= 4 is 39.9 Å². The van der Waals surface area contributed by atoms with E-state index in [1.54, 1.807) is 28.8 Å². The molecule has 4 rings (SSSR count). The van der Waals surface area contributed by atoms with E-state index in [0.717, 1.165) is 24.8 Å². The summed E-state index contributed by atoms with van der Waals surface area (Å²) >= 11 is 2.75. The lowest BCUT2D eigenvalue weighted by Crippen LogP contribution is -2.26. The van der Waals surface area contributed by atoms with Gasteiger partial charge in [0, 0.05) is 17.0 Å². The Morgan fingerprint density at radius 1 is 1.26 bits per heavy atom. The Kier molecular flexibility index (Phi) is 9.96. The SMILES string of the molecule is C=CCn1c(CNC(=O)c2ccc(OC)c(OC)c2)nnc1SCC(=O)Nc1sc2c(c1C#N)CC[C@@H](C(C)(C)C)C2. The molecule has 42 heavy (non-hydrogen) atoms. The number of allylic oxidation sites excluding steroid dienone is 1. The molecule has 1 atom stereocenters. The highest BCUT2D eigenvalue weighted by Gasteiger charge is 2.32. The summed E-state index contributed by atoms with van der Waals surface area (Å²) in [6, 6.07) is 7.24. The number of aromatic nitrogens is 3. The highest BCUT2D eigenvalue weighted by molar-refractivity contribution is 7.99. The lowest BCUT2D eigenvalue weighted by molar-refractivity contribution is -0.113. The topological polar surface area (TPSA) is 131 Å². The lowest BCUT2D eigenvalue weighted by Gasteiger charge is -2.33. The van der Waals surface area contributed by atoms with Gasteiger partial charge in [-0.25, -0.2) is 0 Å². The first-order valence-electron chi connectivity index (χ1n) is 13.6. The minimum Gasteiger partial charge on any atom is -0.493 e. The summed E-state index contributed by atoms with van der Waals surface area (Å²) in [5.41, 5.74) is 2.27. The second-order valence-corrected chi connectivity index (χ2v) is 13.1. The van der Waals surface area contributed by atoms with E-state index in [9.17, 15) is 14.9 Å². The van der Waals surface area contributed by atoms with Gasteiger partial charge >= 0.3 is 0 Å². The summed E-state index contributed by atoms with van der Waals surface area (Å²) in [7, 11) is 3.04. The second-order valence-electron chi connectivity index (χ2n) is 11.0. The molecule has 1 aliphatic rings. The molecular weight excluding hydrogens is 573 g/mol. The molecule has 12 heteroatoms. The molecule has 2 heterocycles. The molecule has 1 aliphatic carbocycles. The summed E-state index contributed by atoms with van der Waals surface area (Å²) in [5, 5.41) is 25.3. The van der Waals surface area contributed by atoms with Crippen molar-refractivity contribution in [2.24, 2.45) is 11.3 Å². The number of hydrogen-bond donors (Lipinski definition) is 2. The number of methoxy groups -OCH3 is 2. The van der Waals surface area contributed by atoms with Crippen LogP contribution in [0.2, 0.25) is 0 Å². The summed E-state index contributed by atoms with van der Waals surface area (Å²) < 4.78 is 12.3. The van der Waals surface area contributed by atoms with Gasteiger partial charge in [0.15, 0.2) is 22.5 Å². The van der Waals surface area contributed by atoms with Crippen molar-refractivity contribution in [2.75, 3.05) is 25.3 Å². The number of amides is 2. The van der Waals surface area contributed by atoms with Crippen LogP contribution in [0.4, 0.5) is 5.00 Å². The molecule has 0 aliphatic heterocycles. The number of carbonyl (C=O) groups excluding carboxylic acids is 2. The molecule has 3 aromatic rings. The summed E-state index contributed by atoms with van der Waals surface area (Å²) in [6.45, 7) is 11.1. The number of hydrogen-bond acceptors (Lipinski definition) is 9. The molecule has 2 N–H and O–H groups in total. The maximum absolute atomic E-state index is 12.9. The van der Waals surface area contributed by atoms with Crippen LogP contribution in [0, 0.1) is 22.7 Å². The van der Waals surface area contributed by atoms with Crippen molar-refractivity contribution in [3.63, 3.8) is 0 Å². The number of thioether (sulfide) groups is 1. The number of benzene rings is 1. The minimum absolute atomic E-state index is 0.0886. The fraction of sp³-hybridized carbons (Fsp3) is 0.433. The zero-order valence-electron chi connectivity index (χ0n) is 24.6. The first-order valence-corrected chi connectivity index (χ1v) is 15.4. The Hall–Kier alpha value is -3.82. The monoisotopic (exact) mass is 608 g/mol. The molecule has 2 amide bonds. The number of carbonyl (C=O) groups is 2. The number of nitrogens with zero attached hydrogens (tertiary/aromatic N) is 4. The lowest BCUT2D eigenvalue weighted by atomic mass is 9.72. The van der Waals surface area contributed by atoms with Gasteiger partial charge < -0.3 is 24.7 Å². The third-order valence-electron chi connectivity index (χ3n) is 7.35. The van der Waals surface area contributed by atoms with E-state index in [1.165, 1.54) is 42.2 Å². The first-order chi connectivity index (χ1) is 20.1. The number of anilines is 1. The number of nitrogens with one attached hydrogen (secondary N) is 2. The van der Waals surface area contributed by atoms with Gasteiger partial charge in [-0.3, -0.25) is 9.59 Å². The normalized spacial score (nSPS) is 14.4. The van der Waals surface area contributed by atoms with Crippen molar-refractivity contribution in [3.8, 4) is 17.6 Å². The first kappa shape index (κ1) is 31.1. The van der Waals surface area contributed by atoms with Gasteiger partial charge in [-0.1, -0.05) is 38.6 Å². The molecule has 0 unspecified atom stereocenters. The zero-order chi connectivity index (χ0) is 30.4. The van der Waals surface area contributed by atoms with E-state index in [4.69, 9.17) is 9.47 Å². The predicted octanol–water partition coefficient (Wildman–Crippen LogP) is 5.23. The predicted molar refractivity (Wildman–Crippen MR) is 164 cm³/mol. The molecule has 0 radical (unpaired) electrons. The minimum atomic E-state index is -0.307. The van der Waals surface area contributed by atoms with Crippen LogP contribution in [0.25, 0.3) is 0 Å². The number of ether oxygens (including phenoxy) is 2. The molecule has 222 valence electrons. The third kappa shape index (κ3) is 6.97. The van der Waals surface area contributed by atoms with Crippen LogP contribution < -0.4 is 20.1 Å². The smallest absolute Gasteiger partial charge is 0.251 e. The molecule has 2 aromatic heterocycles. The van der Waals surface area contributed by atoms with Crippen LogP contribution in [0.3, 0.4) is 0 Å². The molecule has 0 fully saturated rings. The quantitative estimate of drug-likeness (QED) is 0.224. The average molecular weight is 609 g/mol. The Labute approximate surface area is 254 Å². The largest absolute Gasteiger partial charge is 0.493 e. The Morgan fingerprint density at radius 2 is 2.02 bits per heavy atom. The van der Waals surface area contributed by atoms with Crippen LogP contribution >= 0.6 is 23.1 Å². The maximum atomic E-state index is 12.9. The molecule has 0 saturated heterocycles. The van der Waals surface area contributed by atoms with Gasteiger partial charge in [0.1, 0.15) is 11.1 Å². The van der Waals surface area contributed by atoms with Gasteiger partial charge in [0.2, 0.25) is 5.91 Å². The van der Waals surface area contributed by atoms with E-state index in [1.807, 2.05) is 0 Å². The van der Waals surface area contributed by atoms with Crippen LogP contribution in [0.15, 0.2) is 36.0 Å². The Bertz CT molecular complexity index is 1510. The van der Waals surface area contributed by atoms with E-state index >= 15 is 0 Å². The molecule has 1 aromatic carbocycles. The van der Waals surface area contributed by atoms with Gasteiger partial charge in [0.05, 0.1) is 32.1 Å². The van der Waals surface area contributed by atoms with E-state index < -0.39 is 0 Å². The van der Waals surface area contributed by atoms with Crippen molar-refractivity contribution in [1.29, 1.82) is 5.26 Å². The maximum Gasteiger partial charge on any atom is 0.251 e. The van der Waals surface area contributed by atoms with Crippen molar-refractivity contribution in [3.05, 3.63) is 58.2 Å². The Balaban J connectivity index is 1.39. The zero-order valence-corrected chi connectivity index (χ0v) is 26.2. The van der Waals surface area contributed by atoms with Gasteiger partial charge in [-0.05, 0) is 54.4 Å². The van der Waals surface area contributed by atoms with Gasteiger partial charge in [-0.15, -0.1) is 28.1 Å². The third-order valence-corrected chi connectivity index (χ3v) is 9.48. The van der Waals surface area contributed by atoms with Crippen LogP contribution in [0.1, 0.15) is 59.4 Å². The van der Waals surface area contributed by atoms with Crippen LogP contribution in [-0.4, -0.2) is 46.6 Å². The fourth-order valence-electron chi connectivity index (χ4n) is 4.93. The average Bonchev–Trinajstić information content (AvgIpc) is 3.53. The molecule has 0 saturated carbocycles. The molecule has 10 nitrogen and oxygen atoms in total. The molecule has 0 bridgehead atoms. The van der Waals surface area contributed by atoms with Crippen molar-refractivity contribution in [1.82, 2.24) is 20.1 Å². The highest BCUT2D eigenvalue weighted by Crippen LogP contribution is 2.44. The van der Waals surface area contributed by atoms with E-state index in [-0.39, 0.29) is 29.5 Å². The number of nitriles is 1. The molecular formula is C30H36N6O4S2. The summed E-state index contributed by atoms with van der Waals surface area (Å²) in [4.78, 5) is 26.9. The summed E-state index contributed by atoms with van der Waals surface area (Å²) in [5.74, 6) is 1.61. The van der Waals surface area contributed by atoms with Gasteiger partial charge in [0.25, 0.3) is 5.91 Å². The molecule has 0 spiro atoms. The van der Waals surface area contributed by atoms with Crippen molar-refractivity contribution < 1.29 is 19.1 Å². The van der Waals surface area contributed by atoms with E-state index in [0.29, 0.717) is 51.1 Å². The highest BCUT2D eigenvalue weighted by atomic mass is 32.2. The number of fused-ring (bicyclic) bond motifs is 1. The van der Waals surface area contributed by atoms with Crippen LogP contribution in [-0.2, 0) is 30.7 Å². The fourth-order valence-corrected chi connectivity index (χ4v) is 6.99. The van der Waals surface area contributed by atoms with Gasteiger partial charge in [-0.2, -0.15) is 5.26 Å². The standard InChI is InChI=1S/C30H36N6O4S2/c1-7-12-36-25(16-32-27(38)18-8-11-22(39-5)23(13-18)40-6)34-35-29(36)41-17-26(37)33-28-21(15-31)20-10-9-19(30(2,3)4)14-24(20)42-28/h7-8,11,13,19H,1,9-10,12,14,16-17H2,2-6H3,(H,32,38)(H,33,37)/t19-/m1/s1. The van der Waals surface area contributed by atoms with Crippen LogP contribution in [0.5, 0.6) is 11.5 Å². The number of thiophene rings is 1. The van der Waals surface area contributed by atoms with E-state index in [2.05, 4.69) is 54.3 Å².